The summed E-state index contributed by atoms with van der Waals surface area (Å²) in [6.07, 6.45) is 6.28. The van der Waals surface area contributed by atoms with Gasteiger partial charge in [0.1, 0.15) is 11.9 Å². The maximum Gasteiger partial charge on any atom is 0.227 e. The van der Waals surface area contributed by atoms with Gasteiger partial charge in [-0.15, -0.1) is 0 Å². The quantitative estimate of drug-likeness (QED) is 0.434. The second-order valence-electron chi connectivity index (χ2n) is 8.61. The first-order chi connectivity index (χ1) is 15.8. The molecule has 0 aliphatic rings. The fraction of sp³-hybridized carbons (Fsp3) is 0.231. The van der Waals surface area contributed by atoms with E-state index in [9.17, 15) is 5.26 Å². The van der Waals surface area contributed by atoms with E-state index in [4.69, 9.17) is 5.73 Å². The molecule has 2 aromatic heterocycles. The standard InChI is InChI=1S/C26H27N7/c1-18-29-12-14-33(18)13-11-19-7-9-23(10-8-19)31-25-30-17-21(16-27)24(32-25)20-5-4-6-22(15-20)26(2,3)28/h4-10,12,14-15,17H,11,13,28H2,1-3H3,(H,30,31,32). The van der Waals surface area contributed by atoms with E-state index in [0.29, 0.717) is 17.2 Å². The van der Waals surface area contributed by atoms with Crippen LogP contribution in [0.25, 0.3) is 11.3 Å². The SMILES string of the molecule is Cc1nccn1CCc1ccc(Nc2ncc(C#N)c(-c3cccc(C(C)(C)N)c3)n2)cc1. The van der Waals surface area contributed by atoms with Gasteiger partial charge in [-0.3, -0.25) is 0 Å². The minimum absolute atomic E-state index is 0.415. The zero-order valence-electron chi connectivity index (χ0n) is 19.1. The highest BCUT2D eigenvalue weighted by atomic mass is 15.1. The Kier molecular flexibility index (Phi) is 6.20. The van der Waals surface area contributed by atoms with Crippen LogP contribution in [-0.2, 0) is 18.5 Å². The highest BCUT2D eigenvalue weighted by molar-refractivity contribution is 5.69. The third kappa shape index (κ3) is 5.25. The molecule has 0 atom stereocenters. The van der Waals surface area contributed by atoms with Gasteiger partial charge in [0.15, 0.2) is 0 Å². The molecule has 0 aliphatic heterocycles. The summed E-state index contributed by atoms with van der Waals surface area (Å²) >= 11 is 0. The van der Waals surface area contributed by atoms with Crippen LogP contribution in [0.4, 0.5) is 11.6 Å². The predicted molar refractivity (Wildman–Crippen MR) is 130 cm³/mol. The second kappa shape index (κ2) is 9.23. The van der Waals surface area contributed by atoms with Crippen LogP contribution >= 0.6 is 0 Å². The van der Waals surface area contributed by atoms with E-state index in [-0.39, 0.29) is 0 Å². The first-order valence-corrected chi connectivity index (χ1v) is 10.8. The summed E-state index contributed by atoms with van der Waals surface area (Å²) in [6.45, 7) is 6.79. The summed E-state index contributed by atoms with van der Waals surface area (Å²) in [6, 6.07) is 18.2. The molecule has 0 aliphatic carbocycles. The molecule has 0 spiro atoms. The second-order valence-corrected chi connectivity index (χ2v) is 8.61. The Balaban J connectivity index is 1.52. The van der Waals surface area contributed by atoms with Crippen LogP contribution in [-0.4, -0.2) is 19.5 Å². The third-order valence-electron chi connectivity index (χ3n) is 5.56. The fourth-order valence-corrected chi connectivity index (χ4v) is 3.58. The van der Waals surface area contributed by atoms with Crippen LogP contribution in [0.3, 0.4) is 0 Å². The number of hydrogen-bond acceptors (Lipinski definition) is 6. The van der Waals surface area contributed by atoms with Crippen molar-refractivity contribution >= 4 is 11.6 Å². The normalized spacial score (nSPS) is 11.2. The molecule has 4 rings (SSSR count). The summed E-state index contributed by atoms with van der Waals surface area (Å²) in [5.41, 5.74) is 10.7. The van der Waals surface area contributed by atoms with Gasteiger partial charge in [-0.05, 0) is 56.5 Å². The molecule has 0 fully saturated rings. The van der Waals surface area contributed by atoms with Crippen molar-refractivity contribution in [3.63, 3.8) is 0 Å². The maximum atomic E-state index is 9.58. The van der Waals surface area contributed by atoms with Gasteiger partial charge in [0.2, 0.25) is 5.95 Å². The van der Waals surface area contributed by atoms with Gasteiger partial charge in [0.05, 0.1) is 17.5 Å². The number of hydrogen-bond donors (Lipinski definition) is 2. The average Bonchev–Trinajstić information content (AvgIpc) is 3.23. The lowest BCUT2D eigenvalue weighted by molar-refractivity contribution is 0.554. The van der Waals surface area contributed by atoms with E-state index in [1.165, 1.54) is 5.56 Å². The summed E-state index contributed by atoms with van der Waals surface area (Å²) < 4.78 is 2.14. The monoisotopic (exact) mass is 437 g/mol. The van der Waals surface area contributed by atoms with Gasteiger partial charge in [-0.25, -0.2) is 15.0 Å². The van der Waals surface area contributed by atoms with E-state index >= 15 is 0 Å². The number of anilines is 2. The van der Waals surface area contributed by atoms with Gasteiger partial charge in [-0.2, -0.15) is 5.26 Å². The van der Waals surface area contributed by atoms with Crippen molar-refractivity contribution in [2.75, 3.05) is 5.32 Å². The van der Waals surface area contributed by atoms with Gasteiger partial charge < -0.3 is 15.6 Å². The Bertz CT molecular complexity index is 1290. The third-order valence-corrected chi connectivity index (χ3v) is 5.56. The summed E-state index contributed by atoms with van der Waals surface area (Å²) in [7, 11) is 0. The van der Waals surface area contributed by atoms with Crippen LogP contribution in [0.2, 0.25) is 0 Å². The van der Waals surface area contributed by atoms with Crippen LogP contribution in [0.1, 0.15) is 36.4 Å². The Morgan fingerprint density at radius 2 is 1.91 bits per heavy atom. The highest BCUT2D eigenvalue weighted by Gasteiger charge is 2.16. The minimum atomic E-state index is -0.491. The van der Waals surface area contributed by atoms with Crippen molar-refractivity contribution in [2.24, 2.45) is 5.73 Å². The van der Waals surface area contributed by atoms with Crippen LogP contribution < -0.4 is 11.1 Å². The molecule has 3 N–H and O–H groups in total. The lowest BCUT2D eigenvalue weighted by Gasteiger charge is -2.20. The first-order valence-electron chi connectivity index (χ1n) is 10.8. The molecule has 2 aromatic carbocycles. The molecule has 2 heterocycles. The lowest BCUT2D eigenvalue weighted by atomic mass is 9.93. The molecular formula is C26H27N7. The number of nitrogens with one attached hydrogen (secondary N) is 1. The molecule has 0 unspecified atom stereocenters. The molecule has 0 radical (unpaired) electrons. The molecule has 0 saturated heterocycles. The number of nitriles is 1. The number of nitrogens with zero attached hydrogens (tertiary/aromatic N) is 5. The number of nitrogens with two attached hydrogens (primary N) is 1. The van der Waals surface area contributed by atoms with Crippen molar-refractivity contribution in [3.8, 4) is 17.3 Å². The van der Waals surface area contributed by atoms with Crippen molar-refractivity contribution < 1.29 is 0 Å². The van der Waals surface area contributed by atoms with Gasteiger partial charge in [0, 0.05) is 35.7 Å². The Labute approximate surface area is 194 Å². The fourth-order valence-electron chi connectivity index (χ4n) is 3.58. The van der Waals surface area contributed by atoms with Gasteiger partial charge >= 0.3 is 0 Å². The first kappa shape index (κ1) is 22.2. The number of aromatic nitrogens is 4. The van der Waals surface area contributed by atoms with E-state index in [0.717, 1.165) is 35.6 Å². The van der Waals surface area contributed by atoms with Crippen molar-refractivity contribution in [1.82, 2.24) is 19.5 Å². The molecule has 4 aromatic rings. The molecule has 0 bridgehead atoms. The van der Waals surface area contributed by atoms with Crippen molar-refractivity contribution in [1.29, 1.82) is 5.26 Å². The Morgan fingerprint density at radius 3 is 2.58 bits per heavy atom. The average molecular weight is 438 g/mol. The zero-order chi connectivity index (χ0) is 23.4. The Morgan fingerprint density at radius 1 is 1.12 bits per heavy atom. The number of aryl methyl sites for hydroxylation is 3. The topological polar surface area (TPSA) is 105 Å². The molecular weight excluding hydrogens is 410 g/mol. The summed E-state index contributed by atoms with van der Waals surface area (Å²) in [5.74, 6) is 1.45. The number of imidazole rings is 1. The summed E-state index contributed by atoms with van der Waals surface area (Å²) in [4.78, 5) is 13.2. The Hall–Kier alpha value is -4.02. The van der Waals surface area contributed by atoms with E-state index in [1.54, 1.807) is 6.20 Å². The van der Waals surface area contributed by atoms with Crippen LogP contribution in [0.15, 0.2) is 67.1 Å². The summed E-state index contributed by atoms with van der Waals surface area (Å²) in [5, 5.41) is 12.8. The largest absolute Gasteiger partial charge is 0.335 e. The van der Waals surface area contributed by atoms with Gasteiger partial charge in [-0.1, -0.05) is 30.3 Å². The number of rotatable bonds is 7. The molecule has 7 heteroatoms. The van der Waals surface area contributed by atoms with Crippen molar-refractivity contribution in [2.45, 2.75) is 39.3 Å². The van der Waals surface area contributed by atoms with E-state index in [1.807, 2.05) is 69.6 Å². The van der Waals surface area contributed by atoms with Gasteiger partial charge in [0.25, 0.3) is 0 Å². The zero-order valence-corrected chi connectivity index (χ0v) is 19.1. The number of benzene rings is 2. The van der Waals surface area contributed by atoms with Crippen LogP contribution in [0.5, 0.6) is 0 Å². The van der Waals surface area contributed by atoms with E-state index < -0.39 is 5.54 Å². The van der Waals surface area contributed by atoms with Crippen molar-refractivity contribution in [3.05, 3.63) is 89.6 Å². The smallest absolute Gasteiger partial charge is 0.227 e. The van der Waals surface area contributed by atoms with E-state index in [2.05, 4.69) is 43.0 Å². The lowest BCUT2D eigenvalue weighted by Crippen LogP contribution is -2.28. The molecule has 33 heavy (non-hydrogen) atoms. The molecule has 0 saturated carbocycles. The minimum Gasteiger partial charge on any atom is -0.335 e. The molecule has 0 amide bonds. The molecule has 166 valence electrons. The predicted octanol–water partition coefficient (Wildman–Crippen LogP) is 4.70. The van der Waals surface area contributed by atoms with Crippen LogP contribution in [0, 0.1) is 18.3 Å². The molecule has 7 nitrogen and oxygen atoms in total. The maximum absolute atomic E-state index is 9.58. The highest BCUT2D eigenvalue weighted by Crippen LogP contribution is 2.27.